The first kappa shape index (κ1) is 19.7. The topological polar surface area (TPSA) is 62.6 Å². The lowest BCUT2D eigenvalue weighted by Gasteiger charge is -2.17. The van der Waals surface area contributed by atoms with Gasteiger partial charge in [0, 0.05) is 23.7 Å². The Labute approximate surface area is 165 Å². The van der Waals surface area contributed by atoms with Gasteiger partial charge in [-0.2, -0.15) is 0 Å². The monoisotopic (exact) mass is 378 g/mol. The number of fused-ring (bicyclic) bond motifs is 1. The second-order valence-corrected chi connectivity index (χ2v) is 7.24. The van der Waals surface area contributed by atoms with Crippen LogP contribution < -0.4 is 5.32 Å². The van der Waals surface area contributed by atoms with Gasteiger partial charge in [-0.05, 0) is 49.1 Å². The molecule has 0 atom stereocenters. The maximum Gasteiger partial charge on any atom is 0.243 e. The van der Waals surface area contributed by atoms with Crippen molar-refractivity contribution in [1.82, 2.24) is 4.90 Å². The van der Waals surface area contributed by atoms with Crippen LogP contribution in [-0.4, -0.2) is 30.3 Å². The van der Waals surface area contributed by atoms with Gasteiger partial charge in [0.1, 0.15) is 5.58 Å². The molecular formula is C23H26N2O3. The third-order valence-electron chi connectivity index (χ3n) is 4.94. The Morgan fingerprint density at radius 1 is 1.11 bits per heavy atom. The van der Waals surface area contributed by atoms with Crippen LogP contribution in [0.5, 0.6) is 0 Å². The van der Waals surface area contributed by atoms with Crippen molar-refractivity contribution in [1.29, 1.82) is 0 Å². The molecule has 0 radical (unpaired) electrons. The summed E-state index contributed by atoms with van der Waals surface area (Å²) in [5.41, 5.74) is 5.66. The molecule has 0 unspecified atom stereocenters. The summed E-state index contributed by atoms with van der Waals surface area (Å²) in [6.07, 6.45) is 2.76. The summed E-state index contributed by atoms with van der Waals surface area (Å²) in [6, 6.07) is 11.9. The Kier molecular flexibility index (Phi) is 5.83. The van der Waals surface area contributed by atoms with Crippen molar-refractivity contribution in [3.63, 3.8) is 0 Å². The number of amides is 2. The summed E-state index contributed by atoms with van der Waals surface area (Å²) in [5.74, 6) is -0.340. The molecule has 0 saturated carbocycles. The molecule has 3 rings (SSSR count). The largest absolute Gasteiger partial charge is 0.464 e. The van der Waals surface area contributed by atoms with E-state index in [9.17, 15) is 9.59 Å². The number of hydrogen-bond donors (Lipinski definition) is 1. The summed E-state index contributed by atoms with van der Waals surface area (Å²) in [6.45, 7) is 6.01. The van der Waals surface area contributed by atoms with Gasteiger partial charge in [-0.15, -0.1) is 0 Å². The molecule has 1 N–H and O–H groups in total. The summed E-state index contributed by atoms with van der Waals surface area (Å²) in [7, 11) is 1.64. The van der Waals surface area contributed by atoms with Gasteiger partial charge in [-0.1, -0.05) is 31.2 Å². The molecule has 1 aromatic heterocycles. The van der Waals surface area contributed by atoms with E-state index in [-0.39, 0.29) is 24.8 Å². The van der Waals surface area contributed by atoms with E-state index in [1.54, 1.807) is 13.3 Å². The van der Waals surface area contributed by atoms with E-state index in [4.69, 9.17) is 4.42 Å². The summed E-state index contributed by atoms with van der Waals surface area (Å²) >= 11 is 0. The Hall–Kier alpha value is -3.08. The highest BCUT2D eigenvalue weighted by molar-refractivity contribution is 5.96. The van der Waals surface area contributed by atoms with Gasteiger partial charge in [0.15, 0.2) is 0 Å². The molecule has 5 nitrogen and oxygen atoms in total. The first-order valence-electron chi connectivity index (χ1n) is 9.47. The minimum Gasteiger partial charge on any atom is -0.464 e. The van der Waals surface area contributed by atoms with Crippen LogP contribution in [0.3, 0.4) is 0 Å². The molecule has 2 amide bonds. The van der Waals surface area contributed by atoms with Crippen molar-refractivity contribution in [3.05, 3.63) is 64.9 Å². The molecule has 0 spiro atoms. The molecular weight excluding hydrogens is 352 g/mol. The first-order valence-corrected chi connectivity index (χ1v) is 9.47. The fraction of sp³-hybridized carbons (Fsp3) is 0.304. The molecule has 0 aliphatic heterocycles. The van der Waals surface area contributed by atoms with E-state index < -0.39 is 0 Å². The van der Waals surface area contributed by atoms with E-state index in [2.05, 4.69) is 12.2 Å². The maximum atomic E-state index is 12.6. The van der Waals surface area contributed by atoms with Gasteiger partial charge in [0.05, 0.1) is 19.2 Å². The number of carbonyl (C=O) groups is 2. The van der Waals surface area contributed by atoms with E-state index in [0.717, 1.165) is 39.8 Å². The Morgan fingerprint density at radius 3 is 2.64 bits per heavy atom. The number of benzene rings is 2. The molecule has 0 saturated heterocycles. The zero-order valence-electron chi connectivity index (χ0n) is 16.8. The first-order chi connectivity index (χ1) is 13.4. The molecule has 0 aliphatic rings. The lowest BCUT2D eigenvalue weighted by atomic mass is 10.1. The summed E-state index contributed by atoms with van der Waals surface area (Å²) in [4.78, 5) is 26.4. The Balaban J connectivity index is 1.63. The molecule has 0 fully saturated rings. The molecule has 5 heteroatoms. The SMILES string of the molecule is CCc1ccc2c(CC(=O)N(C)CC(=O)Nc3cc(C)ccc3C)coc2c1. The zero-order chi connectivity index (χ0) is 20.3. The highest BCUT2D eigenvalue weighted by Crippen LogP contribution is 2.23. The van der Waals surface area contributed by atoms with Crippen LogP contribution in [0.1, 0.15) is 29.2 Å². The van der Waals surface area contributed by atoms with E-state index in [0.29, 0.717) is 0 Å². The van der Waals surface area contributed by atoms with Gasteiger partial charge in [0.2, 0.25) is 11.8 Å². The Morgan fingerprint density at radius 2 is 1.89 bits per heavy atom. The lowest BCUT2D eigenvalue weighted by Crippen LogP contribution is -2.35. The summed E-state index contributed by atoms with van der Waals surface area (Å²) in [5, 5.41) is 3.83. The van der Waals surface area contributed by atoms with Gasteiger partial charge >= 0.3 is 0 Å². The van der Waals surface area contributed by atoms with Gasteiger partial charge in [0.25, 0.3) is 0 Å². The van der Waals surface area contributed by atoms with Crippen LogP contribution in [-0.2, 0) is 22.4 Å². The van der Waals surface area contributed by atoms with Crippen molar-refractivity contribution >= 4 is 28.5 Å². The fourth-order valence-corrected chi connectivity index (χ4v) is 3.15. The highest BCUT2D eigenvalue weighted by Gasteiger charge is 2.17. The number of aryl methyl sites for hydroxylation is 3. The van der Waals surface area contributed by atoms with Crippen molar-refractivity contribution in [2.24, 2.45) is 0 Å². The van der Waals surface area contributed by atoms with Gasteiger partial charge in [-0.25, -0.2) is 0 Å². The van der Waals surface area contributed by atoms with Gasteiger partial charge in [-0.3, -0.25) is 9.59 Å². The maximum absolute atomic E-state index is 12.6. The van der Waals surface area contributed by atoms with Gasteiger partial charge < -0.3 is 14.6 Å². The lowest BCUT2D eigenvalue weighted by molar-refractivity contribution is -0.132. The van der Waals surface area contributed by atoms with Crippen molar-refractivity contribution < 1.29 is 14.0 Å². The number of furan rings is 1. The number of hydrogen-bond acceptors (Lipinski definition) is 3. The number of anilines is 1. The van der Waals surface area contributed by atoms with Crippen molar-refractivity contribution in [3.8, 4) is 0 Å². The molecule has 146 valence electrons. The number of rotatable bonds is 6. The zero-order valence-corrected chi connectivity index (χ0v) is 16.8. The minimum atomic E-state index is -0.214. The molecule has 3 aromatic rings. The average Bonchev–Trinajstić information content (AvgIpc) is 3.06. The van der Waals surface area contributed by atoms with E-state index in [1.165, 1.54) is 10.5 Å². The van der Waals surface area contributed by atoms with Crippen molar-refractivity contribution in [2.75, 3.05) is 18.9 Å². The minimum absolute atomic E-state index is 0.00197. The van der Waals surface area contributed by atoms with Crippen LogP contribution >= 0.6 is 0 Å². The van der Waals surface area contributed by atoms with Crippen LogP contribution in [0.4, 0.5) is 5.69 Å². The third-order valence-corrected chi connectivity index (χ3v) is 4.94. The molecule has 28 heavy (non-hydrogen) atoms. The Bertz CT molecular complexity index is 1020. The van der Waals surface area contributed by atoms with Crippen LogP contribution in [0.15, 0.2) is 47.1 Å². The number of nitrogens with zero attached hydrogens (tertiary/aromatic N) is 1. The quantitative estimate of drug-likeness (QED) is 0.697. The molecule has 0 aliphatic carbocycles. The van der Waals surface area contributed by atoms with Crippen LogP contribution in [0, 0.1) is 13.8 Å². The predicted molar refractivity (Wildman–Crippen MR) is 111 cm³/mol. The second kappa shape index (κ2) is 8.30. The van der Waals surface area contributed by atoms with Crippen molar-refractivity contribution in [2.45, 2.75) is 33.6 Å². The smallest absolute Gasteiger partial charge is 0.243 e. The normalized spacial score (nSPS) is 10.9. The second-order valence-electron chi connectivity index (χ2n) is 7.24. The highest BCUT2D eigenvalue weighted by atomic mass is 16.3. The van der Waals surface area contributed by atoms with Crippen LogP contribution in [0.2, 0.25) is 0 Å². The predicted octanol–water partition coefficient (Wildman–Crippen LogP) is 4.25. The number of carbonyl (C=O) groups excluding carboxylic acids is 2. The van der Waals surface area contributed by atoms with Crippen LogP contribution in [0.25, 0.3) is 11.0 Å². The molecule has 0 bridgehead atoms. The molecule has 1 heterocycles. The fourth-order valence-electron chi connectivity index (χ4n) is 3.15. The number of likely N-dealkylation sites (N-methyl/N-ethyl adjacent to an activating group) is 1. The van der Waals surface area contributed by atoms with E-state index in [1.807, 2.05) is 50.2 Å². The average molecular weight is 378 g/mol. The van der Waals surface area contributed by atoms with E-state index >= 15 is 0 Å². The number of nitrogens with one attached hydrogen (secondary N) is 1. The molecule has 2 aromatic carbocycles. The summed E-state index contributed by atoms with van der Waals surface area (Å²) < 4.78 is 5.61. The third kappa shape index (κ3) is 4.42. The standard InChI is InChI=1S/C23H26N2O3/c1-5-17-8-9-19-18(14-28-21(19)11-17)12-23(27)25(4)13-22(26)24-20-10-15(2)6-7-16(20)3/h6-11,14H,5,12-13H2,1-4H3,(H,24,26).